The fourth-order valence-electron chi connectivity index (χ4n) is 3.35. The number of piperidine rings is 1. The van der Waals surface area contributed by atoms with Gasteiger partial charge < -0.3 is 16.4 Å². The lowest BCUT2D eigenvalue weighted by molar-refractivity contribution is -0.131. The van der Waals surface area contributed by atoms with Crippen molar-refractivity contribution < 1.29 is 4.79 Å². The van der Waals surface area contributed by atoms with E-state index in [1.165, 1.54) is 17.3 Å². The Kier molecular flexibility index (Phi) is 6.49. The van der Waals surface area contributed by atoms with Crippen molar-refractivity contribution in [3.05, 3.63) is 41.7 Å². The first-order chi connectivity index (χ1) is 13.0. The van der Waals surface area contributed by atoms with Crippen LogP contribution in [0.2, 0.25) is 0 Å². The van der Waals surface area contributed by atoms with Gasteiger partial charge in [0.05, 0.1) is 11.0 Å². The number of aromatic nitrogens is 3. The number of nitrogens with two attached hydrogens (primary N) is 2. The van der Waals surface area contributed by atoms with Gasteiger partial charge in [0.25, 0.3) is 0 Å². The maximum Gasteiger partial charge on any atom is 0.235 e. The molecule has 1 aliphatic heterocycles. The molecule has 2 heterocycles. The van der Waals surface area contributed by atoms with Gasteiger partial charge >= 0.3 is 0 Å². The molecule has 0 spiro atoms. The third kappa shape index (κ3) is 5.56. The van der Waals surface area contributed by atoms with Crippen LogP contribution in [-0.4, -0.2) is 44.1 Å². The Balaban J connectivity index is 1.45. The zero-order chi connectivity index (χ0) is 19.2. The van der Waals surface area contributed by atoms with Crippen LogP contribution >= 0.6 is 11.8 Å². The molecule has 0 bridgehead atoms. The minimum absolute atomic E-state index is 0.109. The quantitative estimate of drug-likeness (QED) is 0.782. The average Bonchev–Trinajstić information content (AvgIpc) is 2.66. The van der Waals surface area contributed by atoms with Crippen molar-refractivity contribution >= 4 is 29.6 Å². The number of carbonyl (C=O) groups is 1. The Labute approximate surface area is 164 Å². The predicted molar refractivity (Wildman–Crippen MR) is 109 cm³/mol. The second kappa shape index (κ2) is 9.03. The molecule has 0 saturated carbocycles. The molecule has 1 amide bonds. The molecule has 27 heavy (non-hydrogen) atoms. The summed E-state index contributed by atoms with van der Waals surface area (Å²) in [5.41, 5.74) is 12.5. The molecular formula is C19H26N6OS. The van der Waals surface area contributed by atoms with Crippen molar-refractivity contribution in [3.63, 3.8) is 0 Å². The van der Waals surface area contributed by atoms with Crippen molar-refractivity contribution in [3.8, 4) is 0 Å². The van der Waals surface area contributed by atoms with Crippen LogP contribution in [0.1, 0.15) is 31.2 Å². The zero-order valence-corrected chi connectivity index (χ0v) is 16.4. The Hall–Kier alpha value is -2.35. The van der Waals surface area contributed by atoms with Gasteiger partial charge in [-0.3, -0.25) is 4.79 Å². The van der Waals surface area contributed by atoms with E-state index >= 15 is 0 Å². The van der Waals surface area contributed by atoms with Crippen molar-refractivity contribution in [1.82, 2.24) is 19.9 Å². The van der Waals surface area contributed by atoms with E-state index in [9.17, 15) is 4.79 Å². The molecule has 0 unspecified atom stereocenters. The molecule has 1 aromatic heterocycles. The fourth-order valence-corrected chi connectivity index (χ4v) is 4.17. The number of hydrogen-bond acceptors (Lipinski definition) is 7. The molecule has 1 aliphatic rings. The van der Waals surface area contributed by atoms with Crippen LogP contribution < -0.4 is 11.5 Å². The van der Waals surface area contributed by atoms with E-state index in [-0.39, 0.29) is 23.1 Å². The molecule has 3 rings (SSSR count). The van der Waals surface area contributed by atoms with Gasteiger partial charge in [0, 0.05) is 13.1 Å². The van der Waals surface area contributed by atoms with Crippen LogP contribution in [0.15, 0.2) is 30.3 Å². The van der Waals surface area contributed by atoms with Gasteiger partial charge in [-0.15, -0.1) is 11.8 Å². The monoisotopic (exact) mass is 386 g/mol. The number of carbonyl (C=O) groups excluding carboxylic acids is 1. The number of anilines is 2. The normalized spacial score (nSPS) is 16.3. The highest BCUT2D eigenvalue weighted by Crippen LogP contribution is 2.24. The van der Waals surface area contributed by atoms with E-state index in [0.29, 0.717) is 17.5 Å². The number of nitrogen functional groups attached to an aromatic ring is 2. The number of benzene rings is 1. The molecule has 1 aromatic carbocycles. The number of likely N-dealkylation sites (tertiary alicyclic amines) is 1. The number of hydrogen-bond donors (Lipinski definition) is 2. The standard InChI is InChI=1S/C19H26N6OS/c1-13(27-12-16-22-18(20)24-19(21)23-16)17(26)25-9-7-15(8-10-25)11-14-5-3-2-4-6-14/h2-6,13,15H,7-12H2,1H3,(H4,20,21,22,23,24)/t13-/m1/s1. The minimum atomic E-state index is -0.158. The lowest BCUT2D eigenvalue weighted by Gasteiger charge is -2.33. The molecule has 7 nitrogen and oxygen atoms in total. The van der Waals surface area contributed by atoms with Crippen molar-refractivity contribution in [2.45, 2.75) is 37.2 Å². The second-order valence-corrected chi connectivity index (χ2v) is 8.21. The van der Waals surface area contributed by atoms with Gasteiger partial charge in [-0.05, 0) is 37.7 Å². The van der Waals surface area contributed by atoms with Crippen molar-refractivity contribution in [1.29, 1.82) is 0 Å². The first-order valence-electron chi connectivity index (χ1n) is 9.21. The van der Waals surface area contributed by atoms with Crippen LogP contribution in [0.5, 0.6) is 0 Å². The smallest absolute Gasteiger partial charge is 0.235 e. The number of nitrogens with zero attached hydrogens (tertiary/aromatic N) is 4. The summed E-state index contributed by atoms with van der Waals surface area (Å²) in [6.45, 7) is 3.58. The summed E-state index contributed by atoms with van der Waals surface area (Å²) in [7, 11) is 0. The third-order valence-corrected chi connectivity index (χ3v) is 5.95. The summed E-state index contributed by atoms with van der Waals surface area (Å²) in [4.78, 5) is 26.6. The van der Waals surface area contributed by atoms with Gasteiger partial charge in [-0.1, -0.05) is 30.3 Å². The third-order valence-electron chi connectivity index (χ3n) is 4.82. The van der Waals surface area contributed by atoms with E-state index in [0.717, 1.165) is 32.4 Å². The van der Waals surface area contributed by atoms with Crippen LogP contribution in [-0.2, 0) is 17.0 Å². The largest absolute Gasteiger partial charge is 0.368 e. The lowest BCUT2D eigenvalue weighted by atomic mass is 9.90. The molecule has 2 aromatic rings. The summed E-state index contributed by atoms with van der Waals surface area (Å²) in [6, 6.07) is 10.6. The molecular weight excluding hydrogens is 360 g/mol. The van der Waals surface area contributed by atoms with Crippen molar-refractivity contribution in [2.75, 3.05) is 24.6 Å². The van der Waals surface area contributed by atoms with Gasteiger partial charge in [-0.2, -0.15) is 15.0 Å². The van der Waals surface area contributed by atoms with E-state index in [1.54, 1.807) is 0 Å². The Bertz CT molecular complexity index is 744. The maximum absolute atomic E-state index is 12.7. The average molecular weight is 387 g/mol. The molecule has 8 heteroatoms. The lowest BCUT2D eigenvalue weighted by Crippen LogP contribution is -2.42. The van der Waals surface area contributed by atoms with Crippen LogP contribution in [0.4, 0.5) is 11.9 Å². The fraction of sp³-hybridized carbons (Fsp3) is 0.474. The van der Waals surface area contributed by atoms with Gasteiger partial charge in [0.15, 0.2) is 0 Å². The van der Waals surface area contributed by atoms with Gasteiger partial charge in [0.2, 0.25) is 17.8 Å². The zero-order valence-electron chi connectivity index (χ0n) is 15.5. The van der Waals surface area contributed by atoms with Crippen LogP contribution in [0.3, 0.4) is 0 Å². The first-order valence-corrected chi connectivity index (χ1v) is 10.3. The Morgan fingerprint density at radius 1 is 1.15 bits per heavy atom. The molecule has 1 fully saturated rings. The predicted octanol–water partition coefficient (Wildman–Crippen LogP) is 2.14. The topological polar surface area (TPSA) is 111 Å². The molecule has 0 aliphatic carbocycles. The summed E-state index contributed by atoms with van der Waals surface area (Å²) in [5, 5.41) is -0.158. The highest BCUT2D eigenvalue weighted by molar-refractivity contribution is 7.99. The number of amides is 1. The molecule has 4 N–H and O–H groups in total. The molecule has 1 saturated heterocycles. The second-order valence-electron chi connectivity index (χ2n) is 6.88. The van der Waals surface area contributed by atoms with Gasteiger partial charge in [0.1, 0.15) is 5.82 Å². The summed E-state index contributed by atoms with van der Waals surface area (Å²) >= 11 is 1.50. The SMILES string of the molecule is C[C@@H](SCc1nc(N)nc(N)n1)C(=O)N1CCC(Cc2ccccc2)CC1. The summed E-state index contributed by atoms with van der Waals surface area (Å²) in [5.74, 6) is 2.03. The first kappa shape index (κ1) is 19.4. The highest BCUT2D eigenvalue weighted by atomic mass is 32.2. The highest BCUT2D eigenvalue weighted by Gasteiger charge is 2.26. The van der Waals surface area contributed by atoms with E-state index in [4.69, 9.17) is 11.5 Å². The van der Waals surface area contributed by atoms with Crippen LogP contribution in [0.25, 0.3) is 0 Å². The van der Waals surface area contributed by atoms with Crippen molar-refractivity contribution in [2.24, 2.45) is 5.92 Å². The maximum atomic E-state index is 12.7. The molecule has 144 valence electrons. The van der Waals surface area contributed by atoms with E-state index in [1.807, 2.05) is 17.9 Å². The minimum Gasteiger partial charge on any atom is -0.368 e. The number of rotatable bonds is 6. The summed E-state index contributed by atoms with van der Waals surface area (Å²) < 4.78 is 0. The molecule has 0 radical (unpaired) electrons. The van der Waals surface area contributed by atoms with Crippen LogP contribution in [0, 0.1) is 5.92 Å². The van der Waals surface area contributed by atoms with E-state index in [2.05, 4.69) is 39.2 Å². The number of thioether (sulfide) groups is 1. The Morgan fingerprint density at radius 3 is 2.41 bits per heavy atom. The summed E-state index contributed by atoms with van der Waals surface area (Å²) in [6.07, 6.45) is 3.20. The van der Waals surface area contributed by atoms with E-state index < -0.39 is 0 Å². The molecule has 1 atom stereocenters. The van der Waals surface area contributed by atoms with Gasteiger partial charge in [-0.25, -0.2) is 0 Å². The Morgan fingerprint density at radius 2 is 1.78 bits per heavy atom.